The first-order valence-corrected chi connectivity index (χ1v) is 7.49. The molecule has 6 nitrogen and oxygen atoms in total. The molecule has 2 amide bonds. The van der Waals surface area contributed by atoms with Gasteiger partial charge in [0.2, 0.25) is 0 Å². The van der Waals surface area contributed by atoms with Crippen LogP contribution < -0.4 is 0 Å². The van der Waals surface area contributed by atoms with Crippen LogP contribution in [-0.4, -0.2) is 77.6 Å². The van der Waals surface area contributed by atoms with E-state index in [1.807, 2.05) is 4.90 Å². The quantitative estimate of drug-likeness (QED) is 0.819. The van der Waals surface area contributed by atoms with Crippen LogP contribution in [0.4, 0.5) is 4.79 Å². The molecule has 20 heavy (non-hydrogen) atoms. The average Bonchev–Trinajstić information content (AvgIpc) is 2.83. The van der Waals surface area contributed by atoms with Crippen LogP contribution >= 0.6 is 0 Å². The van der Waals surface area contributed by atoms with Crippen molar-refractivity contribution in [2.45, 2.75) is 32.2 Å². The molecule has 2 unspecified atom stereocenters. The Labute approximate surface area is 120 Å². The first-order valence-electron chi connectivity index (χ1n) is 7.49. The van der Waals surface area contributed by atoms with Gasteiger partial charge in [0.15, 0.2) is 0 Å². The van der Waals surface area contributed by atoms with E-state index in [0.29, 0.717) is 19.5 Å². The molecule has 0 aromatic heterocycles. The van der Waals surface area contributed by atoms with E-state index in [1.54, 1.807) is 4.90 Å². The Morgan fingerprint density at radius 3 is 2.55 bits per heavy atom. The molecular weight excluding hydrogens is 258 g/mol. The highest BCUT2D eigenvalue weighted by atomic mass is 16.4. The summed E-state index contributed by atoms with van der Waals surface area (Å²) in [5.41, 5.74) is 0. The summed E-state index contributed by atoms with van der Waals surface area (Å²) in [6.45, 7) is 5.72. The van der Waals surface area contributed by atoms with Gasteiger partial charge in [0, 0.05) is 32.2 Å². The van der Waals surface area contributed by atoms with Crippen molar-refractivity contribution in [2.75, 3.05) is 39.8 Å². The van der Waals surface area contributed by atoms with Crippen LogP contribution in [0.5, 0.6) is 0 Å². The Bertz CT molecular complexity index is 375. The molecule has 1 N–H and O–H groups in total. The molecular formula is C14H25N3O3. The van der Waals surface area contributed by atoms with Gasteiger partial charge in [-0.05, 0) is 32.9 Å². The maximum Gasteiger partial charge on any atom is 0.320 e. The number of hydrogen-bond donors (Lipinski definition) is 1. The SMILES string of the molecule is CCC1CN(C)CCCN1C(=O)N1CCC(C(=O)O)C1. The third-order valence-corrected chi connectivity index (χ3v) is 4.43. The summed E-state index contributed by atoms with van der Waals surface area (Å²) in [5, 5.41) is 9.04. The zero-order valence-corrected chi connectivity index (χ0v) is 12.4. The molecule has 0 radical (unpaired) electrons. The van der Waals surface area contributed by atoms with Crippen LogP contribution in [0.25, 0.3) is 0 Å². The van der Waals surface area contributed by atoms with Crippen molar-refractivity contribution in [1.29, 1.82) is 0 Å². The lowest BCUT2D eigenvalue weighted by molar-refractivity contribution is -0.141. The van der Waals surface area contributed by atoms with Crippen molar-refractivity contribution in [2.24, 2.45) is 5.92 Å². The number of nitrogens with zero attached hydrogens (tertiary/aromatic N) is 3. The van der Waals surface area contributed by atoms with Crippen LogP contribution in [0.2, 0.25) is 0 Å². The van der Waals surface area contributed by atoms with Crippen LogP contribution in [0.1, 0.15) is 26.2 Å². The lowest BCUT2D eigenvalue weighted by Gasteiger charge is -2.33. The monoisotopic (exact) mass is 283 g/mol. The zero-order valence-electron chi connectivity index (χ0n) is 12.4. The van der Waals surface area contributed by atoms with Crippen molar-refractivity contribution in [3.63, 3.8) is 0 Å². The fourth-order valence-corrected chi connectivity index (χ4v) is 3.16. The summed E-state index contributed by atoms with van der Waals surface area (Å²) in [6.07, 6.45) is 2.49. The van der Waals surface area contributed by atoms with E-state index in [0.717, 1.165) is 32.5 Å². The largest absolute Gasteiger partial charge is 0.481 e. The smallest absolute Gasteiger partial charge is 0.320 e. The number of amides is 2. The summed E-state index contributed by atoms with van der Waals surface area (Å²) in [4.78, 5) is 29.6. The molecule has 0 aromatic carbocycles. The standard InChI is InChI=1S/C14H25N3O3/c1-3-12-10-15(2)6-4-7-17(12)14(20)16-8-5-11(9-16)13(18)19/h11-12H,3-10H2,1-2H3,(H,18,19). The van der Waals surface area contributed by atoms with E-state index < -0.39 is 11.9 Å². The highest BCUT2D eigenvalue weighted by Gasteiger charge is 2.35. The Balaban J connectivity index is 2.01. The van der Waals surface area contributed by atoms with E-state index in [1.165, 1.54) is 0 Å². The zero-order chi connectivity index (χ0) is 14.7. The number of urea groups is 1. The molecule has 2 aliphatic heterocycles. The number of likely N-dealkylation sites (tertiary alicyclic amines) is 1. The second kappa shape index (κ2) is 6.43. The fraction of sp³-hybridized carbons (Fsp3) is 0.857. The van der Waals surface area contributed by atoms with Crippen LogP contribution in [0.15, 0.2) is 0 Å². The molecule has 2 heterocycles. The van der Waals surface area contributed by atoms with Crippen molar-refractivity contribution >= 4 is 12.0 Å². The van der Waals surface area contributed by atoms with Gasteiger partial charge in [-0.2, -0.15) is 0 Å². The molecule has 2 aliphatic rings. The molecule has 0 bridgehead atoms. The Kier molecular flexibility index (Phi) is 4.86. The molecule has 2 atom stereocenters. The third kappa shape index (κ3) is 3.23. The first kappa shape index (κ1) is 15.1. The number of hydrogen-bond acceptors (Lipinski definition) is 3. The molecule has 0 aliphatic carbocycles. The van der Waals surface area contributed by atoms with Crippen LogP contribution in [-0.2, 0) is 4.79 Å². The van der Waals surface area contributed by atoms with Gasteiger partial charge in [-0.3, -0.25) is 4.79 Å². The van der Waals surface area contributed by atoms with E-state index in [-0.39, 0.29) is 12.1 Å². The molecule has 2 saturated heterocycles. The maximum absolute atomic E-state index is 12.6. The molecule has 6 heteroatoms. The van der Waals surface area contributed by atoms with Gasteiger partial charge in [0.1, 0.15) is 0 Å². The predicted molar refractivity (Wildman–Crippen MR) is 75.6 cm³/mol. The number of carbonyl (C=O) groups excluding carboxylic acids is 1. The highest BCUT2D eigenvalue weighted by Crippen LogP contribution is 2.21. The first-order chi connectivity index (χ1) is 9.52. The lowest BCUT2D eigenvalue weighted by atomic mass is 10.1. The summed E-state index contributed by atoms with van der Waals surface area (Å²) >= 11 is 0. The number of carboxylic acid groups (broad SMARTS) is 1. The van der Waals surface area contributed by atoms with Gasteiger partial charge in [-0.25, -0.2) is 4.79 Å². The average molecular weight is 283 g/mol. The Hall–Kier alpha value is -1.30. The molecule has 0 spiro atoms. The maximum atomic E-state index is 12.6. The van der Waals surface area contributed by atoms with Crippen molar-refractivity contribution in [1.82, 2.24) is 14.7 Å². The van der Waals surface area contributed by atoms with Gasteiger partial charge in [0.25, 0.3) is 0 Å². The summed E-state index contributed by atoms with van der Waals surface area (Å²) in [7, 11) is 2.09. The van der Waals surface area contributed by atoms with E-state index in [2.05, 4.69) is 18.9 Å². The number of rotatable bonds is 2. The van der Waals surface area contributed by atoms with Gasteiger partial charge in [-0.1, -0.05) is 6.92 Å². The van der Waals surface area contributed by atoms with Crippen LogP contribution in [0.3, 0.4) is 0 Å². The highest BCUT2D eigenvalue weighted by molar-refractivity contribution is 5.77. The number of carbonyl (C=O) groups is 2. The molecule has 2 rings (SSSR count). The van der Waals surface area contributed by atoms with Gasteiger partial charge < -0.3 is 19.8 Å². The van der Waals surface area contributed by atoms with Crippen molar-refractivity contribution < 1.29 is 14.7 Å². The molecule has 2 fully saturated rings. The normalized spacial score (nSPS) is 28.5. The minimum atomic E-state index is -0.789. The second-order valence-electron chi connectivity index (χ2n) is 5.92. The van der Waals surface area contributed by atoms with Gasteiger partial charge >= 0.3 is 12.0 Å². The number of likely N-dealkylation sites (N-methyl/N-ethyl adjacent to an activating group) is 1. The Morgan fingerprint density at radius 2 is 1.95 bits per heavy atom. The lowest BCUT2D eigenvalue weighted by Crippen LogP contribution is -2.49. The van der Waals surface area contributed by atoms with Crippen LogP contribution in [0, 0.1) is 5.92 Å². The summed E-state index contributed by atoms with van der Waals surface area (Å²) < 4.78 is 0. The third-order valence-electron chi connectivity index (χ3n) is 4.43. The number of aliphatic carboxylic acids is 1. The van der Waals surface area contributed by atoms with Gasteiger partial charge in [-0.15, -0.1) is 0 Å². The fourth-order valence-electron chi connectivity index (χ4n) is 3.16. The predicted octanol–water partition coefficient (Wildman–Crippen LogP) is 0.929. The molecule has 0 saturated carbocycles. The molecule has 0 aromatic rings. The molecule has 114 valence electrons. The number of carboxylic acids is 1. The van der Waals surface area contributed by atoms with Crippen molar-refractivity contribution in [3.8, 4) is 0 Å². The Morgan fingerprint density at radius 1 is 1.20 bits per heavy atom. The summed E-state index contributed by atoms with van der Waals surface area (Å²) in [6, 6.07) is 0.259. The second-order valence-corrected chi connectivity index (χ2v) is 5.92. The topological polar surface area (TPSA) is 64.1 Å². The minimum absolute atomic E-state index is 0.0240. The van der Waals surface area contributed by atoms with E-state index in [9.17, 15) is 9.59 Å². The van der Waals surface area contributed by atoms with Crippen molar-refractivity contribution in [3.05, 3.63) is 0 Å². The van der Waals surface area contributed by atoms with E-state index >= 15 is 0 Å². The van der Waals surface area contributed by atoms with E-state index in [4.69, 9.17) is 5.11 Å². The van der Waals surface area contributed by atoms with Gasteiger partial charge in [0.05, 0.1) is 5.92 Å². The summed E-state index contributed by atoms with van der Waals surface area (Å²) in [5.74, 6) is -1.18. The minimum Gasteiger partial charge on any atom is -0.481 e.